The first-order valence-corrected chi connectivity index (χ1v) is 9.10. The van der Waals surface area contributed by atoms with Crippen LogP contribution in [0.4, 0.5) is 5.69 Å². The molecule has 0 spiro atoms. The molecule has 0 aliphatic heterocycles. The van der Waals surface area contributed by atoms with Crippen molar-refractivity contribution in [2.24, 2.45) is 16.8 Å². The summed E-state index contributed by atoms with van der Waals surface area (Å²) in [5.74, 6) is 1.96. The summed E-state index contributed by atoms with van der Waals surface area (Å²) in [7, 11) is 0. The van der Waals surface area contributed by atoms with Crippen LogP contribution in [-0.4, -0.2) is 24.5 Å². The second-order valence-electron chi connectivity index (χ2n) is 6.98. The van der Waals surface area contributed by atoms with E-state index in [9.17, 15) is 4.79 Å². The normalized spacial score (nSPS) is 22.4. The third-order valence-corrected chi connectivity index (χ3v) is 4.87. The Morgan fingerprint density at radius 1 is 1.32 bits per heavy atom. The van der Waals surface area contributed by atoms with Crippen LogP contribution in [0.3, 0.4) is 0 Å². The zero-order valence-corrected chi connectivity index (χ0v) is 17.4. The summed E-state index contributed by atoms with van der Waals surface area (Å²) < 4.78 is 0. The number of nitrogens with zero attached hydrogens (tertiary/aromatic N) is 1. The highest BCUT2D eigenvalue weighted by Crippen LogP contribution is 2.29. The van der Waals surface area contributed by atoms with Crippen LogP contribution in [-0.2, 0) is 11.3 Å². The molecule has 5 nitrogen and oxygen atoms in total. The second-order valence-corrected chi connectivity index (χ2v) is 6.98. The smallest absolute Gasteiger partial charge is 0.227 e. The molecule has 2 fully saturated rings. The highest BCUT2D eigenvalue weighted by Gasteiger charge is 2.33. The molecule has 0 radical (unpaired) electrons. The molecule has 3 N–H and O–H groups in total. The Labute approximate surface area is 167 Å². The number of nitrogens with one attached hydrogen (secondary N) is 3. The van der Waals surface area contributed by atoms with E-state index in [1.54, 1.807) is 0 Å². The third-order valence-electron chi connectivity index (χ3n) is 4.87. The minimum atomic E-state index is 0. The van der Waals surface area contributed by atoms with Gasteiger partial charge in [0, 0.05) is 24.2 Å². The molecule has 1 aromatic rings. The maximum absolute atomic E-state index is 12.1. The van der Waals surface area contributed by atoms with Gasteiger partial charge in [-0.05, 0) is 49.8 Å². The number of aliphatic imine (C=N–C) groups is 1. The van der Waals surface area contributed by atoms with E-state index < -0.39 is 0 Å². The number of carbonyl (C=O) groups is 1. The molecule has 138 valence electrons. The van der Waals surface area contributed by atoms with Gasteiger partial charge in [-0.25, -0.2) is 4.99 Å². The quantitative estimate of drug-likeness (QED) is 0.349. The number of halogens is 1. The fourth-order valence-electron chi connectivity index (χ4n) is 2.85. The molecule has 2 saturated carbocycles. The molecular formula is C19H29IN4O. The standard InChI is InChI=1S/C19H28N4O.HI/c1-3-20-19(23-17-10-13(17)2)21-12-14-6-4-9-16(11-14)22-18(24)15-7-5-8-15;/h4,6,9,11,13,15,17H,3,5,7-8,10,12H2,1-2H3,(H,22,24)(H2,20,21,23);1H. The van der Waals surface area contributed by atoms with Gasteiger partial charge in [-0.2, -0.15) is 0 Å². The van der Waals surface area contributed by atoms with Crippen LogP contribution >= 0.6 is 24.0 Å². The molecule has 2 atom stereocenters. The first kappa shape index (κ1) is 20.0. The molecule has 2 aliphatic rings. The fraction of sp³-hybridized carbons (Fsp3) is 0.579. The number of hydrogen-bond acceptors (Lipinski definition) is 2. The number of guanidine groups is 1. The molecule has 0 heterocycles. The lowest BCUT2D eigenvalue weighted by Crippen LogP contribution is -2.39. The Balaban J connectivity index is 0.00000225. The third kappa shape index (κ3) is 5.87. The van der Waals surface area contributed by atoms with Gasteiger partial charge in [0.05, 0.1) is 6.54 Å². The van der Waals surface area contributed by atoms with Crippen molar-refractivity contribution in [3.63, 3.8) is 0 Å². The molecule has 2 unspecified atom stereocenters. The summed E-state index contributed by atoms with van der Waals surface area (Å²) in [6.45, 7) is 5.77. The Bertz CT molecular complexity index is 615. The van der Waals surface area contributed by atoms with Crippen LogP contribution in [0.25, 0.3) is 0 Å². The van der Waals surface area contributed by atoms with E-state index >= 15 is 0 Å². The molecule has 0 saturated heterocycles. The molecule has 25 heavy (non-hydrogen) atoms. The molecule has 6 heteroatoms. The zero-order chi connectivity index (χ0) is 16.9. The Morgan fingerprint density at radius 3 is 2.68 bits per heavy atom. The summed E-state index contributed by atoms with van der Waals surface area (Å²) in [6, 6.07) is 8.54. The monoisotopic (exact) mass is 456 g/mol. The van der Waals surface area contributed by atoms with Gasteiger partial charge >= 0.3 is 0 Å². The van der Waals surface area contributed by atoms with E-state index in [0.29, 0.717) is 12.6 Å². The Kier molecular flexibility index (Phi) is 7.53. The van der Waals surface area contributed by atoms with Gasteiger partial charge in [0.25, 0.3) is 0 Å². The van der Waals surface area contributed by atoms with Crippen LogP contribution < -0.4 is 16.0 Å². The van der Waals surface area contributed by atoms with Gasteiger partial charge < -0.3 is 16.0 Å². The van der Waals surface area contributed by atoms with Gasteiger partial charge in [-0.15, -0.1) is 24.0 Å². The van der Waals surface area contributed by atoms with Gasteiger partial charge in [0.2, 0.25) is 5.91 Å². The van der Waals surface area contributed by atoms with Crippen LogP contribution in [0, 0.1) is 11.8 Å². The van der Waals surface area contributed by atoms with Crippen molar-refractivity contribution >= 4 is 41.5 Å². The first-order chi connectivity index (χ1) is 11.7. The van der Waals surface area contributed by atoms with Crippen LogP contribution in [0.1, 0.15) is 45.1 Å². The summed E-state index contributed by atoms with van der Waals surface area (Å²) in [4.78, 5) is 16.7. The van der Waals surface area contributed by atoms with Crippen molar-refractivity contribution in [2.75, 3.05) is 11.9 Å². The zero-order valence-electron chi connectivity index (χ0n) is 15.0. The first-order valence-electron chi connectivity index (χ1n) is 9.10. The highest BCUT2D eigenvalue weighted by molar-refractivity contribution is 14.0. The highest BCUT2D eigenvalue weighted by atomic mass is 127. The number of carbonyl (C=O) groups excluding carboxylic acids is 1. The molecule has 1 amide bonds. The van der Waals surface area contributed by atoms with E-state index in [0.717, 1.165) is 42.5 Å². The molecule has 2 aliphatic carbocycles. The van der Waals surface area contributed by atoms with Crippen molar-refractivity contribution in [3.8, 4) is 0 Å². The van der Waals surface area contributed by atoms with Gasteiger partial charge in [-0.3, -0.25) is 4.79 Å². The van der Waals surface area contributed by atoms with Gasteiger partial charge in [-0.1, -0.05) is 25.5 Å². The number of benzene rings is 1. The lowest BCUT2D eigenvalue weighted by atomic mass is 9.85. The Morgan fingerprint density at radius 2 is 2.08 bits per heavy atom. The van der Waals surface area contributed by atoms with E-state index in [-0.39, 0.29) is 35.8 Å². The molecular weight excluding hydrogens is 427 g/mol. The molecule has 1 aromatic carbocycles. The van der Waals surface area contributed by atoms with Crippen molar-refractivity contribution in [3.05, 3.63) is 29.8 Å². The van der Waals surface area contributed by atoms with E-state index in [2.05, 4.69) is 34.8 Å². The molecule has 0 bridgehead atoms. The predicted octanol–water partition coefficient (Wildman–Crippen LogP) is 3.51. The fourth-order valence-corrected chi connectivity index (χ4v) is 2.85. The van der Waals surface area contributed by atoms with E-state index in [4.69, 9.17) is 0 Å². The number of hydrogen-bond donors (Lipinski definition) is 3. The Hall–Kier alpha value is -1.31. The van der Waals surface area contributed by atoms with E-state index in [1.165, 1.54) is 12.8 Å². The van der Waals surface area contributed by atoms with Crippen LogP contribution in [0.15, 0.2) is 29.3 Å². The summed E-state index contributed by atoms with van der Waals surface area (Å²) in [6.07, 6.45) is 4.43. The predicted molar refractivity (Wildman–Crippen MR) is 113 cm³/mol. The largest absolute Gasteiger partial charge is 0.357 e. The minimum absolute atomic E-state index is 0. The number of amides is 1. The lowest BCUT2D eigenvalue weighted by Gasteiger charge is -2.24. The lowest BCUT2D eigenvalue weighted by molar-refractivity contribution is -0.122. The van der Waals surface area contributed by atoms with Gasteiger partial charge in [0.15, 0.2) is 5.96 Å². The maximum Gasteiger partial charge on any atom is 0.227 e. The minimum Gasteiger partial charge on any atom is -0.357 e. The van der Waals surface area contributed by atoms with Crippen LogP contribution in [0.5, 0.6) is 0 Å². The topological polar surface area (TPSA) is 65.5 Å². The SMILES string of the molecule is CCNC(=NCc1cccc(NC(=O)C2CCC2)c1)NC1CC1C.I. The maximum atomic E-state index is 12.1. The molecule has 3 rings (SSSR count). The number of anilines is 1. The second kappa shape index (κ2) is 9.40. The van der Waals surface area contributed by atoms with E-state index in [1.807, 2.05) is 24.3 Å². The van der Waals surface area contributed by atoms with Crippen molar-refractivity contribution in [1.82, 2.24) is 10.6 Å². The summed E-state index contributed by atoms with van der Waals surface area (Å²) >= 11 is 0. The van der Waals surface area contributed by atoms with Crippen molar-refractivity contribution in [1.29, 1.82) is 0 Å². The molecule has 0 aromatic heterocycles. The average molecular weight is 456 g/mol. The van der Waals surface area contributed by atoms with Crippen LogP contribution in [0.2, 0.25) is 0 Å². The van der Waals surface area contributed by atoms with Crippen molar-refractivity contribution < 1.29 is 4.79 Å². The summed E-state index contributed by atoms with van der Waals surface area (Å²) in [5.41, 5.74) is 1.97. The average Bonchev–Trinajstić information content (AvgIpc) is 3.18. The summed E-state index contributed by atoms with van der Waals surface area (Å²) in [5, 5.41) is 9.78. The number of rotatable bonds is 6. The van der Waals surface area contributed by atoms with Crippen molar-refractivity contribution in [2.45, 2.75) is 52.1 Å². The van der Waals surface area contributed by atoms with Gasteiger partial charge in [0.1, 0.15) is 0 Å².